The van der Waals surface area contributed by atoms with Crippen LogP contribution in [0.4, 0.5) is 0 Å². The minimum atomic E-state index is -0.753. The lowest BCUT2D eigenvalue weighted by atomic mass is 10.1. The van der Waals surface area contributed by atoms with Gasteiger partial charge in [0.15, 0.2) is 0 Å². The second-order valence-electron chi connectivity index (χ2n) is 4.39. The van der Waals surface area contributed by atoms with Gasteiger partial charge in [-0.2, -0.15) is 0 Å². The van der Waals surface area contributed by atoms with Crippen LogP contribution in [0.1, 0.15) is 19.8 Å². The fourth-order valence-electron chi connectivity index (χ4n) is 1.74. The zero-order valence-corrected chi connectivity index (χ0v) is 9.40. The maximum atomic E-state index is 11.8. The van der Waals surface area contributed by atoms with Crippen LogP contribution in [0.2, 0.25) is 0 Å². The summed E-state index contributed by atoms with van der Waals surface area (Å²) in [6.45, 7) is 3.19. The first-order chi connectivity index (χ1) is 6.96. The lowest BCUT2D eigenvalue weighted by Gasteiger charge is -2.22. The van der Waals surface area contributed by atoms with Crippen molar-refractivity contribution in [2.45, 2.75) is 31.4 Å². The van der Waals surface area contributed by atoms with E-state index in [0.717, 1.165) is 0 Å². The van der Waals surface area contributed by atoms with E-state index >= 15 is 0 Å². The van der Waals surface area contributed by atoms with Crippen LogP contribution in [0, 0.1) is 0 Å². The molecule has 0 radical (unpaired) electrons. The van der Waals surface area contributed by atoms with Crippen molar-refractivity contribution >= 4 is 5.91 Å². The lowest BCUT2D eigenvalue weighted by molar-refractivity contribution is -0.132. The fraction of sp³-hybridized carbons (Fsp3) is 0.900. The molecule has 0 aromatic rings. The highest BCUT2D eigenvalue weighted by Gasteiger charge is 2.35. The summed E-state index contributed by atoms with van der Waals surface area (Å²) in [6, 6.07) is -0.515. The topological polar surface area (TPSA) is 75.8 Å². The van der Waals surface area contributed by atoms with Crippen molar-refractivity contribution in [3.63, 3.8) is 0 Å². The number of nitrogens with two attached hydrogens (primary N) is 1. The number of hydrogen-bond acceptors (Lipinski definition) is 4. The van der Waals surface area contributed by atoms with E-state index in [1.807, 2.05) is 0 Å². The Labute approximate surface area is 90.2 Å². The standard InChI is InChI=1S/C10H20N2O3/c1-10(14)4-5-12(7-10)9(13)8(11)3-6-15-2/h8,14H,3-7,11H2,1-2H3. The first kappa shape index (κ1) is 12.4. The van der Waals surface area contributed by atoms with Crippen molar-refractivity contribution in [1.82, 2.24) is 4.90 Å². The number of hydrogen-bond donors (Lipinski definition) is 2. The average molecular weight is 216 g/mol. The summed E-state index contributed by atoms with van der Waals surface area (Å²) in [6.07, 6.45) is 1.14. The van der Waals surface area contributed by atoms with E-state index in [2.05, 4.69) is 0 Å². The molecule has 0 saturated carbocycles. The summed E-state index contributed by atoms with van der Waals surface area (Å²) in [5.74, 6) is -0.0928. The highest BCUT2D eigenvalue weighted by atomic mass is 16.5. The first-order valence-electron chi connectivity index (χ1n) is 5.22. The number of nitrogens with zero attached hydrogens (tertiary/aromatic N) is 1. The van der Waals surface area contributed by atoms with Gasteiger partial charge in [-0.05, 0) is 19.8 Å². The molecule has 1 saturated heterocycles. The molecule has 1 amide bonds. The molecule has 5 heteroatoms. The van der Waals surface area contributed by atoms with Crippen LogP contribution in [0.15, 0.2) is 0 Å². The Morgan fingerprint density at radius 1 is 1.73 bits per heavy atom. The molecule has 1 aliphatic rings. The van der Waals surface area contributed by atoms with Crippen LogP contribution in [0.5, 0.6) is 0 Å². The number of ether oxygens (including phenoxy) is 1. The van der Waals surface area contributed by atoms with Gasteiger partial charge in [-0.25, -0.2) is 0 Å². The molecule has 15 heavy (non-hydrogen) atoms. The summed E-state index contributed by atoms with van der Waals surface area (Å²) < 4.78 is 4.87. The second kappa shape index (κ2) is 4.92. The molecule has 3 N–H and O–H groups in total. The summed E-state index contributed by atoms with van der Waals surface area (Å²) in [5.41, 5.74) is 4.97. The van der Waals surface area contributed by atoms with Crippen LogP contribution in [-0.4, -0.2) is 54.4 Å². The van der Waals surface area contributed by atoms with Crippen molar-refractivity contribution in [2.24, 2.45) is 5.73 Å². The van der Waals surface area contributed by atoms with Gasteiger partial charge < -0.3 is 20.5 Å². The fourth-order valence-corrected chi connectivity index (χ4v) is 1.74. The third-order valence-electron chi connectivity index (χ3n) is 2.71. The van der Waals surface area contributed by atoms with E-state index in [0.29, 0.717) is 32.5 Å². The van der Waals surface area contributed by atoms with Gasteiger partial charge in [0.05, 0.1) is 11.6 Å². The van der Waals surface area contributed by atoms with Gasteiger partial charge in [0.2, 0.25) is 5.91 Å². The number of carbonyl (C=O) groups excluding carboxylic acids is 1. The molecule has 2 unspecified atom stereocenters. The summed E-state index contributed by atoms with van der Waals surface area (Å²) in [4.78, 5) is 13.4. The van der Waals surface area contributed by atoms with E-state index in [-0.39, 0.29) is 5.91 Å². The predicted molar refractivity (Wildman–Crippen MR) is 56.3 cm³/mol. The smallest absolute Gasteiger partial charge is 0.239 e. The molecule has 0 spiro atoms. The number of likely N-dealkylation sites (tertiary alicyclic amines) is 1. The molecule has 88 valence electrons. The van der Waals surface area contributed by atoms with Crippen LogP contribution >= 0.6 is 0 Å². The number of amides is 1. The molecule has 0 aromatic carbocycles. The maximum absolute atomic E-state index is 11.8. The van der Waals surface area contributed by atoms with Gasteiger partial charge >= 0.3 is 0 Å². The number of aliphatic hydroxyl groups is 1. The van der Waals surface area contributed by atoms with E-state index in [1.165, 1.54) is 0 Å². The minimum absolute atomic E-state index is 0.0928. The Hall–Kier alpha value is -0.650. The van der Waals surface area contributed by atoms with E-state index in [4.69, 9.17) is 10.5 Å². The number of rotatable bonds is 4. The zero-order valence-electron chi connectivity index (χ0n) is 9.40. The van der Waals surface area contributed by atoms with Crippen LogP contribution < -0.4 is 5.73 Å². The number of β-amino-alcohol motifs (C(OH)–C–C–N with tert-alkyl or cyclic N) is 1. The van der Waals surface area contributed by atoms with Gasteiger partial charge in [-0.3, -0.25) is 4.79 Å². The van der Waals surface area contributed by atoms with Crippen molar-refractivity contribution < 1.29 is 14.6 Å². The van der Waals surface area contributed by atoms with Gasteiger partial charge in [0.25, 0.3) is 0 Å². The van der Waals surface area contributed by atoms with Gasteiger partial charge in [0.1, 0.15) is 0 Å². The third-order valence-corrected chi connectivity index (χ3v) is 2.71. The minimum Gasteiger partial charge on any atom is -0.388 e. The Kier molecular flexibility index (Phi) is 4.07. The van der Waals surface area contributed by atoms with Crippen molar-refractivity contribution in [3.8, 4) is 0 Å². The SMILES string of the molecule is COCCC(N)C(=O)N1CCC(C)(O)C1. The summed E-state index contributed by atoms with van der Waals surface area (Å²) in [7, 11) is 1.58. The van der Waals surface area contributed by atoms with Crippen LogP contribution in [-0.2, 0) is 9.53 Å². The normalized spacial score (nSPS) is 28.1. The summed E-state index contributed by atoms with van der Waals surface area (Å²) in [5, 5.41) is 9.71. The van der Waals surface area contributed by atoms with Crippen molar-refractivity contribution in [3.05, 3.63) is 0 Å². The second-order valence-corrected chi connectivity index (χ2v) is 4.39. The van der Waals surface area contributed by atoms with E-state index < -0.39 is 11.6 Å². The number of carbonyl (C=O) groups is 1. The van der Waals surface area contributed by atoms with Gasteiger partial charge in [-0.15, -0.1) is 0 Å². The average Bonchev–Trinajstić information content (AvgIpc) is 2.54. The molecule has 0 aromatic heterocycles. The summed E-state index contributed by atoms with van der Waals surface area (Å²) >= 11 is 0. The molecule has 0 aliphatic carbocycles. The molecule has 2 atom stereocenters. The Balaban J connectivity index is 2.41. The number of methoxy groups -OCH3 is 1. The molecular weight excluding hydrogens is 196 g/mol. The Morgan fingerprint density at radius 3 is 2.87 bits per heavy atom. The van der Waals surface area contributed by atoms with Gasteiger partial charge in [-0.1, -0.05) is 0 Å². The quantitative estimate of drug-likeness (QED) is 0.653. The van der Waals surface area contributed by atoms with Crippen molar-refractivity contribution in [2.75, 3.05) is 26.8 Å². The molecule has 5 nitrogen and oxygen atoms in total. The first-order valence-corrected chi connectivity index (χ1v) is 5.22. The monoisotopic (exact) mass is 216 g/mol. The lowest BCUT2D eigenvalue weighted by Crippen LogP contribution is -2.44. The molecule has 1 heterocycles. The molecule has 1 aliphatic heterocycles. The molecule has 1 rings (SSSR count). The third kappa shape index (κ3) is 3.44. The highest BCUT2D eigenvalue weighted by molar-refractivity contribution is 5.82. The molecule has 0 bridgehead atoms. The largest absolute Gasteiger partial charge is 0.388 e. The van der Waals surface area contributed by atoms with Gasteiger partial charge in [0, 0.05) is 26.8 Å². The Morgan fingerprint density at radius 2 is 2.40 bits per heavy atom. The molecule has 1 fully saturated rings. The van der Waals surface area contributed by atoms with Crippen LogP contribution in [0.3, 0.4) is 0 Å². The maximum Gasteiger partial charge on any atom is 0.239 e. The van der Waals surface area contributed by atoms with E-state index in [9.17, 15) is 9.90 Å². The zero-order chi connectivity index (χ0) is 11.5. The molecular formula is C10H20N2O3. The van der Waals surface area contributed by atoms with E-state index in [1.54, 1.807) is 18.9 Å². The predicted octanol–water partition coefficient (Wildman–Crippen LogP) is -0.666. The van der Waals surface area contributed by atoms with Crippen molar-refractivity contribution in [1.29, 1.82) is 0 Å². The highest BCUT2D eigenvalue weighted by Crippen LogP contribution is 2.20. The van der Waals surface area contributed by atoms with Crippen LogP contribution in [0.25, 0.3) is 0 Å². The Bertz CT molecular complexity index is 231.